The van der Waals surface area contributed by atoms with Crippen LogP contribution in [0.15, 0.2) is 18.2 Å². The maximum atomic E-state index is 13.3. The van der Waals surface area contributed by atoms with Crippen LogP contribution < -0.4 is 5.32 Å². The van der Waals surface area contributed by atoms with Gasteiger partial charge >= 0.3 is 0 Å². The molecule has 0 aromatic heterocycles. The Balaban J connectivity index is 2.50. The van der Waals surface area contributed by atoms with Gasteiger partial charge in [0.05, 0.1) is 11.9 Å². The zero-order chi connectivity index (χ0) is 13.8. The molecule has 0 bridgehead atoms. The van der Waals surface area contributed by atoms with Gasteiger partial charge in [0.25, 0.3) is 0 Å². The third kappa shape index (κ3) is 5.07. The average Bonchev–Trinajstić information content (AvgIpc) is 2.26. The smallest absolute Gasteiger partial charge is 0.148 e. The predicted octanol–water partition coefficient (Wildman–Crippen LogP) is 0.632. The van der Waals surface area contributed by atoms with E-state index in [0.717, 1.165) is 24.5 Å². The summed E-state index contributed by atoms with van der Waals surface area (Å²) in [6, 6.07) is 2.81. The molecule has 1 rings (SSSR count). The molecule has 0 heterocycles. The van der Waals surface area contributed by atoms with Crippen LogP contribution in [0.5, 0.6) is 0 Å². The molecule has 1 unspecified atom stereocenters. The fraction of sp³-hybridized carbons (Fsp3) is 0.455. The van der Waals surface area contributed by atoms with E-state index in [-0.39, 0.29) is 24.4 Å². The highest BCUT2D eigenvalue weighted by Gasteiger charge is 2.13. The molecule has 18 heavy (non-hydrogen) atoms. The Kier molecular flexibility index (Phi) is 5.18. The van der Waals surface area contributed by atoms with Crippen LogP contribution in [-0.4, -0.2) is 38.6 Å². The zero-order valence-electron chi connectivity index (χ0n) is 9.86. The number of rotatable bonds is 6. The quantitative estimate of drug-likeness (QED) is 0.750. The summed E-state index contributed by atoms with van der Waals surface area (Å²) in [4.78, 5) is 0. The van der Waals surface area contributed by atoms with Crippen LogP contribution >= 0.6 is 0 Å². The molecular weight excluding hydrogens is 264 g/mol. The number of aliphatic hydroxyl groups is 1. The highest BCUT2D eigenvalue weighted by molar-refractivity contribution is 7.90. The van der Waals surface area contributed by atoms with Crippen molar-refractivity contribution in [2.45, 2.75) is 6.10 Å². The molecule has 1 aromatic carbocycles. The molecular formula is C11H15F2NO3S. The lowest BCUT2D eigenvalue weighted by atomic mass is 10.1. The summed E-state index contributed by atoms with van der Waals surface area (Å²) in [6.45, 7) is 0.0999. The van der Waals surface area contributed by atoms with Crippen molar-refractivity contribution in [3.63, 3.8) is 0 Å². The lowest BCUT2D eigenvalue weighted by Gasteiger charge is -2.12. The van der Waals surface area contributed by atoms with Gasteiger partial charge in [-0.3, -0.25) is 0 Å². The van der Waals surface area contributed by atoms with Crippen molar-refractivity contribution in [2.24, 2.45) is 0 Å². The molecule has 0 aliphatic heterocycles. The lowest BCUT2D eigenvalue weighted by Crippen LogP contribution is -2.27. The molecule has 1 aromatic rings. The van der Waals surface area contributed by atoms with Crippen LogP contribution in [0.4, 0.5) is 8.78 Å². The molecule has 0 saturated heterocycles. The van der Waals surface area contributed by atoms with Gasteiger partial charge in [-0.25, -0.2) is 17.2 Å². The molecule has 102 valence electrons. The van der Waals surface area contributed by atoms with Crippen molar-refractivity contribution < 1.29 is 22.3 Å². The van der Waals surface area contributed by atoms with Crippen LogP contribution in [0.1, 0.15) is 11.7 Å². The molecule has 4 nitrogen and oxygen atoms in total. The standard InChI is InChI=1S/C11H15F2NO3S/c1-18(16,17)5-4-14-7-11(15)9-6-8(12)2-3-10(9)13/h2-3,6,11,14-15H,4-5,7H2,1H3. The van der Waals surface area contributed by atoms with E-state index < -0.39 is 27.6 Å². The fourth-order valence-electron chi connectivity index (χ4n) is 1.38. The predicted molar refractivity (Wildman–Crippen MR) is 63.9 cm³/mol. The Morgan fingerprint density at radius 1 is 1.39 bits per heavy atom. The number of hydrogen-bond acceptors (Lipinski definition) is 4. The summed E-state index contributed by atoms with van der Waals surface area (Å²) in [5.41, 5.74) is -0.151. The molecule has 0 aliphatic rings. The van der Waals surface area contributed by atoms with E-state index in [1.165, 1.54) is 0 Å². The second kappa shape index (κ2) is 6.21. The highest BCUT2D eigenvalue weighted by atomic mass is 32.2. The molecule has 0 amide bonds. The Bertz CT molecular complexity index is 505. The van der Waals surface area contributed by atoms with E-state index in [2.05, 4.69) is 5.32 Å². The first-order valence-electron chi connectivity index (χ1n) is 5.31. The average molecular weight is 279 g/mol. The zero-order valence-corrected chi connectivity index (χ0v) is 10.7. The van der Waals surface area contributed by atoms with E-state index in [1.54, 1.807) is 0 Å². The van der Waals surface area contributed by atoms with Gasteiger partial charge in [0.1, 0.15) is 21.5 Å². The minimum Gasteiger partial charge on any atom is -0.387 e. The van der Waals surface area contributed by atoms with Gasteiger partial charge in [0, 0.05) is 24.9 Å². The highest BCUT2D eigenvalue weighted by Crippen LogP contribution is 2.17. The summed E-state index contributed by atoms with van der Waals surface area (Å²) < 4.78 is 47.8. The first-order chi connectivity index (χ1) is 8.29. The van der Waals surface area contributed by atoms with Gasteiger partial charge < -0.3 is 10.4 Å². The van der Waals surface area contributed by atoms with Crippen molar-refractivity contribution in [3.8, 4) is 0 Å². The molecule has 0 spiro atoms. The van der Waals surface area contributed by atoms with Gasteiger partial charge in [-0.1, -0.05) is 0 Å². The first kappa shape index (κ1) is 15.0. The SMILES string of the molecule is CS(=O)(=O)CCNCC(O)c1cc(F)ccc1F. The summed E-state index contributed by atoms with van der Waals surface area (Å²) in [5, 5.41) is 12.3. The summed E-state index contributed by atoms with van der Waals surface area (Å²) in [6.07, 6.45) is -0.127. The van der Waals surface area contributed by atoms with Crippen molar-refractivity contribution in [1.29, 1.82) is 0 Å². The van der Waals surface area contributed by atoms with Crippen LogP contribution in [-0.2, 0) is 9.84 Å². The summed E-state index contributed by atoms with van der Waals surface area (Å²) in [5.74, 6) is -1.42. The van der Waals surface area contributed by atoms with Gasteiger partial charge in [-0.2, -0.15) is 0 Å². The van der Waals surface area contributed by atoms with Gasteiger partial charge in [0.2, 0.25) is 0 Å². The van der Waals surface area contributed by atoms with Crippen molar-refractivity contribution in [3.05, 3.63) is 35.4 Å². The number of nitrogens with one attached hydrogen (secondary N) is 1. The molecule has 2 N–H and O–H groups in total. The fourth-order valence-corrected chi connectivity index (χ4v) is 1.89. The van der Waals surface area contributed by atoms with Crippen molar-refractivity contribution >= 4 is 9.84 Å². The van der Waals surface area contributed by atoms with Crippen molar-refractivity contribution in [2.75, 3.05) is 25.1 Å². The minimum absolute atomic E-state index is 0.0457. The monoisotopic (exact) mass is 279 g/mol. The molecule has 0 saturated carbocycles. The number of aliphatic hydroxyl groups excluding tert-OH is 1. The number of sulfone groups is 1. The Hall–Kier alpha value is -1.05. The number of hydrogen-bond donors (Lipinski definition) is 2. The maximum absolute atomic E-state index is 13.3. The van der Waals surface area contributed by atoms with Gasteiger partial charge in [0.15, 0.2) is 0 Å². The van der Waals surface area contributed by atoms with E-state index >= 15 is 0 Å². The summed E-state index contributed by atoms with van der Waals surface area (Å²) in [7, 11) is -3.08. The van der Waals surface area contributed by atoms with Crippen LogP contribution in [0.2, 0.25) is 0 Å². The number of benzene rings is 1. The van der Waals surface area contributed by atoms with Crippen LogP contribution in [0.25, 0.3) is 0 Å². The van der Waals surface area contributed by atoms with Crippen LogP contribution in [0.3, 0.4) is 0 Å². The third-order valence-electron chi connectivity index (χ3n) is 2.30. The van der Waals surface area contributed by atoms with E-state index in [0.29, 0.717) is 0 Å². The van der Waals surface area contributed by atoms with Crippen LogP contribution in [0, 0.1) is 11.6 Å². The Labute approximate surface area is 105 Å². The van der Waals surface area contributed by atoms with E-state index in [4.69, 9.17) is 0 Å². The van der Waals surface area contributed by atoms with E-state index in [9.17, 15) is 22.3 Å². The topological polar surface area (TPSA) is 66.4 Å². The Morgan fingerprint density at radius 3 is 2.67 bits per heavy atom. The normalized spacial score (nSPS) is 13.6. The second-order valence-corrected chi connectivity index (χ2v) is 6.28. The molecule has 1 atom stereocenters. The van der Waals surface area contributed by atoms with Gasteiger partial charge in [-0.05, 0) is 18.2 Å². The minimum atomic E-state index is -3.08. The molecule has 0 fully saturated rings. The molecule has 0 aliphatic carbocycles. The number of halogens is 2. The lowest BCUT2D eigenvalue weighted by molar-refractivity contribution is 0.170. The third-order valence-corrected chi connectivity index (χ3v) is 3.25. The van der Waals surface area contributed by atoms with Crippen molar-refractivity contribution in [1.82, 2.24) is 5.32 Å². The molecule has 0 radical (unpaired) electrons. The molecule has 7 heteroatoms. The Morgan fingerprint density at radius 2 is 2.06 bits per heavy atom. The van der Waals surface area contributed by atoms with E-state index in [1.807, 2.05) is 0 Å². The summed E-state index contributed by atoms with van der Waals surface area (Å²) >= 11 is 0. The second-order valence-electron chi connectivity index (χ2n) is 4.02. The first-order valence-corrected chi connectivity index (χ1v) is 7.37. The maximum Gasteiger partial charge on any atom is 0.148 e. The van der Waals surface area contributed by atoms with Gasteiger partial charge in [-0.15, -0.1) is 0 Å². The largest absolute Gasteiger partial charge is 0.387 e.